The SMILES string of the molecule is COc1ccc(-n2c(SCc3ccccc3C)nnc2-c2ccccc2OC)cc1. The smallest absolute Gasteiger partial charge is 0.196 e. The summed E-state index contributed by atoms with van der Waals surface area (Å²) in [7, 11) is 3.33. The molecule has 30 heavy (non-hydrogen) atoms. The van der Waals surface area contributed by atoms with Gasteiger partial charge in [-0.3, -0.25) is 4.57 Å². The van der Waals surface area contributed by atoms with Crippen molar-refractivity contribution in [2.24, 2.45) is 0 Å². The monoisotopic (exact) mass is 417 g/mol. The topological polar surface area (TPSA) is 49.2 Å². The van der Waals surface area contributed by atoms with E-state index in [0.717, 1.165) is 39.5 Å². The molecule has 0 saturated carbocycles. The van der Waals surface area contributed by atoms with Gasteiger partial charge in [-0.1, -0.05) is 48.2 Å². The first-order valence-corrected chi connectivity index (χ1v) is 10.6. The molecule has 0 saturated heterocycles. The highest BCUT2D eigenvalue weighted by molar-refractivity contribution is 7.98. The lowest BCUT2D eigenvalue weighted by Gasteiger charge is -2.13. The molecule has 0 bridgehead atoms. The molecule has 152 valence electrons. The molecule has 0 unspecified atom stereocenters. The van der Waals surface area contributed by atoms with Gasteiger partial charge >= 0.3 is 0 Å². The van der Waals surface area contributed by atoms with Gasteiger partial charge in [0.05, 0.1) is 25.5 Å². The predicted molar refractivity (Wildman–Crippen MR) is 121 cm³/mol. The molecule has 0 fully saturated rings. The number of aromatic nitrogens is 3. The third kappa shape index (κ3) is 4.04. The molecule has 0 amide bonds. The van der Waals surface area contributed by atoms with Crippen LogP contribution in [0.15, 0.2) is 78.0 Å². The molecule has 5 nitrogen and oxygen atoms in total. The first-order valence-electron chi connectivity index (χ1n) is 9.62. The van der Waals surface area contributed by atoms with Crippen LogP contribution in [0.2, 0.25) is 0 Å². The van der Waals surface area contributed by atoms with Crippen LogP contribution in [0.1, 0.15) is 11.1 Å². The van der Waals surface area contributed by atoms with Crippen LogP contribution in [0, 0.1) is 6.92 Å². The zero-order valence-corrected chi connectivity index (χ0v) is 18.0. The van der Waals surface area contributed by atoms with E-state index in [9.17, 15) is 0 Å². The van der Waals surface area contributed by atoms with Crippen LogP contribution in [-0.4, -0.2) is 29.0 Å². The summed E-state index contributed by atoms with van der Waals surface area (Å²) in [5, 5.41) is 9.87. The number of rotatable bonds is 7. The molecule has 0 radical (unpaired) electrons. The minimum atomic E-state index is 0.741. The predicted octanol–water partition coefficient (Wildman–Crippen LogP) is 5.55. The fourth-order valence-electron chi connectivity index (χ4n) is 3.25. The van der Waals surface area contributed by atoms with Gasteiger partial charge in [0.25, 0.3) is 0 Å². The molecule has 1 aromatic heterocycles. The van der Waals surface area contributed by atoms with Gasteiger partial charge in [0.1, 0.15) is 11.5 Å². The Morgan fingerprint density at radius 2 is 1.57 bits per heavy atom. The zero-order chi connectivity index (χ0) is 20.9. The van der Waals surface area contributed by atoms with E-state index < -0.39 is 0 Å². The molecule has 3 aromatic carbocycles. The number of ether oxygens (including phenoxy) is 2. The Bertz CT molecular complexity index is 1140. The Kier molecular flexibility index (Phi) is 6.05. The second-order valence-electron chi connectivity index (χ2n) is 6.76. The molecule has 0 N–H and O–H groups in total. The number of benzene rings is 3. The second kappa shape index (κ2) is 9.05. The highest BCUT2D eigenvalue weighted by Gasteiger charge is 2.19. The Labute approximate surface area is 180 Å². The highest BCUT2D eigenvalue weighted by Crippen LogP contribution is 2.34. The van der Waals surface area contributed by atoms with Crippen molar-refractivity contribution in [3.05, 3.63) is 83.9 Å². The van der Waals surface area contributed by atoms with Crippen molar-refractivity contribution in [1.29, 1.82) is 0 Å². The van der Waals surface area contributed by atoms with Crippen molar-refractivity contribution >= 4 is 11.8 Å². The van der Waals surface area contributed by atoms with Crippen molar-refractivity contribution in [2.75, 3.05) is 14.2 Å². The summed E-state index contributed by atoms with van der Waals surface area (Å²) in [4.78, 5) is 0. The molecular weight excluding hydrogens is 394 g/mol. The number of para-hydroxylation sites is 1. The largest absolute Gasteiger partial charge is 0.497 e. The normalized spacial score (nSPS) is 10.8. The van der Waals surface area contributed by atoms with E-state index >= 15 is 0 Å². The lowest BCUT2D eigenvalue weighted by molar-refractivity contribution is 0.414. The summed E-state index contributed by atoms with van der Waals surface area (Å²) in [6.45, 7) is 2.13. The molecule has 0 aliphatic heterocycles. The molecule has 4 aromatic rings. The van der Waals surface area contributed by atoms with E-state index in [2.05, 4.69) is 46.0 Å². The zero-order valence-electron chi connectivity index (χ0n) is 17.2. The van der Waals surface area contributed by atoms with E-state index in [4.69, 9.17) is 9.47 Å². The fraction of sp³-hybridized carbons (Fsp3) is 0.167. The van der Waals surface area contributed by atoms with Gasteiger partial charge in [-0.2, -0.15) is 0 Å². The van der Waals surface area contributed by atoms with E-state index in [1.165, 1.54) is 11.1 Å². The molecular formula is C24H23N3O2S. The van der Waals surface area contributed by atoms with Gasteiger partial charge in [0, 0.05) is 5.75 Å². The van der Waals surface area contributed by atoms with Crippen molar-refractivity contribution in [1.82, 2.24) is 14.8 Å². The first-order chi connectivity index (χ1) is 14.7. The molecule has 4 rings (SSSR count). The fourth-order valence-corrected chi connectivity index (χ4v) is 4.27. The van der Waals surface area contributed by atoms with Gasteiger partial charge in [0.2, 0.25) is 0 Å². The molecule has 0 aliphatic carbocycles. The molecule has 0 aliphatic rings. The van der Waals surface area contributed by atoms with Crippen LogP contribution in [0.3, 0.4) is 0 Å². The molecule has 1 heterocycles. The van der Waals surface area contributed by atoms with Crippen LogP contribution in [0.4, 0.5) is 0 Å². The Hall–Kier alpha value is -3.25. The Morgan fingerprint density at radius 1 is 0.833 bits per heavy atom. The quantitative estimate of drug-likeness (QED) is 0.369. The summed E-state index contributed by atoms with van der Waals surface area (Å²) in [5.74, 6) is 3.12. The van der Waals surface area contributed by atoms with Crippen LogP contribution >= 0.6 is 11.8 Å². The minimum absolute atomic E-state index is 0.741. The maximum absolute atomic E-state index is 5.57. The van der Waals surface area contributed by atoms with Crippen LogP contribution in [0.25, 0.3) is 17.1 Å². The number of nitrogens with zero attached hydrogens (tertiary/aromatic N) is 3. The molecule has 0 spiro atoms. The number of thioether (sulfide) groups is 1. The van der Waals surface area contributed by atoms with Crippen molar-refractivity contribution < 1.29 is 9.47 Å². The first kappa shape index (κ1) is 20.0. The van der Waals surface area contributed by atoms with Crippen LogP contribution < -0.4 is 9.47 Å². The lowest BCUT2D eigenvalue weighted by Crippen LogP contribution is -2.01. The summed E-state index contributed by atoms with van der Waals surface area (Å²) in [5.41, 5.74) is 4.41. The van der Waals surface area contributed by atoms with Crippen molar-refractivity contribution in [3.8, 4) is 28.6 Å². The third-order valence-corrected chi connectivity index (χ3v) is 5.91. The molecule has 0 atom stereocenters. The Morgan fingerprint density at radius 3 is 2.30 bits per heavy atom. The van der Waals surface area contributed by atoms with Gasteiger partial charge in [0.15, 0.2) is 11.0 Å². The summed E-state index contributed by atoms with van der Waals surface area (Å²) < 4.78 is 13.0. The number of hydrogen-bond acceptors (Lipinski definition) is 5. The number of methoxy groups -OCH3 is 2. The van der Waals surface area contributed by atoms with E-state index in [1.54, 1.807) is 26.0 Å². The van der Waals surface area contributed by atoms with E-state index in [0.29, 0.717) is 0 Å². The van der Waals surface area contributed by atoms with E-state index in [-0.39, 0.29) is 0 Å². The third-order valence-electron chi connectivity index (χ3n) is 4.93. The van der Waals surface area contributed by atoms with Gasteiger partial charge in [-0.05, 0) is 54.4 Å². The standard InChI is InChI=1S/C24H23N3O2S/c1-17-8-4-5-9-18(17)16-30-24-26-25-23(21-10-6-7-11-22(21)29-3)27(24)19-12-14-20(28-2)15-13-19/h4-15H,16H2,1-3H3. The summed E-state index contributed by atoms with van der Waals surface area (Å²) in [6.07, 6.45) is 0. The average Bonchev–Trinajstić information content (AvgIpc) is 3.22. The second-order valence-corrected chi connectivity index (χ2v) is 7.70. The lowest BCUT2D eigenvalue weighted by atomic mass is 10.1. The van der Waals surface area contributed by atoms with Crippen LogP contribution in [0.5, 0.6) is 11.5 Å². The van der Waals surface area contributed by atoms with Gasteiger partial charge < -0.3 is 9.47 Å². The molecule has 6 heteroatoms. The van der Waals surface area contributed by atoms with Gasteiger partial charge in [-0.25, -0.2) is 0 Å². The van der Waals surface area contributed by atoms with E-state index in [1.807, 2.05) is 48.5 Å². The maximum Gasteiger partial charge on any atom is 0.196 e. The van der Waals surface area contributed by atoms with Crippen molar-refractivity contribution in [2.45, 2.75) is 17.8 Å². The van der Waals surface area contributed by atoms with Gasteiger partial charge in [-0.15, -0.1) is 10.2 Å². The van der Waals surface area contributed by atoms with Crippen molar-refractivity contribution in [3.63, 3.8) is 0 Å². The number of aryl methyl sites for hydroxylation is 1. The highest BCUT2D eigenvalue weighted by atomic mass is 32.2. The minimum Gasteiger partial charge on any atom is -0.497 e. The Balaban J connectivity index is 1.78. The maximum atomic E-state index is 5.57. The van der Waals surface area contributed by atoms with Crippen LogP contribution in [-0.2, 0) is 5.75 Å². The number of hydrogen-bond donors (Lipinski definition) is 0. The summed E-state index contributed by atoms with van der Waals surface area (Å²) in [6, 6.07) is 24.2. The average molecular weight is 418 g/mol. The summed E-state index contributed by atoms with van der Waals surface area (Å²) >= 11 is 1.67.